The minimum atomic E-state index is -0.776. The van der Waals surface area contributed by atoms with E-state index in [1.807, 2.05) is 30.3 Å². The number of benzene rings is 3. The first-order valence-corrected chi connectivity index (χ1v) is 11.2. The van der Waals surface area contributed by atoms with Crippen LogP contribution in [0, 0.1) is 0 Å². The molecule has 1 N–H and O–H groups in total. The summed E-state index contributed by atoms with van der Waals surface area (Å²) < 4.78 is 11.9. The van der Waals surface area contributed by atoms with E-state index in [1.54, 1.807) is 14.2 Å². The van der Waals surface area contributed by atoms with Crippen molar-refractivity contribution in [2.45, 2.75) is 31.3 Å². The van der Waals surface area contributed by atoms with E-state index in [4.69, 9.17) is 9.47 Å². The average molecular weight is 484 g/mol. The lowest BCUT2D eigenvalue weighted by Gasteiger charge is -2.40. The Balaban J connectivity index is 1.97. The van der Waals surface area contributed by atoms with Gasteiger partial charge in [-0.3, -0.25) is 9.69 Å². The summed E-state index contributed by atoms with van der Waals surface area (Å²) in [7, 11) is 3.22. The van der Waals surface area contributed by atoms with E-state index >= 15 is 0 Å². The molecule has 1 saturated heterocycles. The van der Waals surface area contributed by atoms with Crippen LogP contribution >= 0.6 is 15.9 Å². The number of hydrogen-bond donors (Lipinski definition) is 1. The Kier molecular flexibility index (Phi) is 6.49. The summed E-state index contributed by atoms with van der Waals surface area (Å²) in [4.78, 5) is 14.3. The molecule has 4 rings (SSSR count). The Hall–Kier alpha value is -2.57. The van der Waals surface area contributed by atoms with Crippen LogP contribution in [-0.2, 0) is 4.79 Å². The highest BCUT2D eigenvalue weighted by Crippen LogP contribution is 2.43. The quantitative estimate of drug-likeness (QED) is 0.490. The number of methoxy groups -OCH3 is 2. The van der Waals surface area contributed by atoms with E-state index < -0.39 is 12.0 Å². The molecule has 0 amide bonds. The SMILES string of the molecule is COc1cc(Br)c(C(c2cccc3ccccc23)N2CCCCC2C(=O)O)cc1OC. The monoisotopic (exact) mass is 483 g/mol. The lowest BCUT2D eigenvalue weighted by atomic mass is 9.89. The molecule has 5 nitrogen and oxygen atoms in total. The summed E-state index contributed by atoms with van der Waals surface area (Å²) in [5.74, 6) is 0.472. The van der Waals surface area contributed by atoms with Crippen molar-refractivity contribution in [3.05, 3.63) is 70.2 Å². The molecule has 0 bridgehead atoms. The van der Waals surface area contributed by atoms with Crippen LogP contribution in [0.1, 0.15) is 36.4 Å². The van der Waals surface area contributed by atoms with Gasteiger partial charge in [-0.25, -0.2) is 0 Å². The molecule has 1 fully saturated rings. The van der Waals surface area contributed by atoms with Crippen molar-refractivity contribution in [2.75, 3.05) is 20.8 Å². The van der Waals surface area contributed by atoms with Crippen LogP contribution in [0.4, 0.5) is 0 Å². The van der Waals surface area contributed by atoms with Crippen LogP contribution in [-0.4, -0.2) is 42.8 Å². The average Bonchev–Trinajstić information content (AvgIpc) is 2.80. The summed E-state index contributed by atoms with van der Waals surface area (Å²) in [6.45, 7) is 0.714. The number of piperidine rings is 1. The van der Waals surface area contributed by atoms with Gasteiger partial charge in [0.1, 0.15) is 6.04 Å². The fourth-order valence-electron chi connectivity index (χ4n) is 4.62. The third kappa shape index (κ3) is 4.14. The molecule has 0 aromatic heterocycles. The molecule has 31 heavy (non-hydrogen) atoms. The Morgan fingerprint density at radius 2 is 1.74 bits per heavy atom. The van der Waals surface area contributed by atoms with Crippen molar-refractivity contribution < 1.29 is 19.4 Å². The van der Waals surface area contributed by atoms with Gasteiger partial charge in [-0.05, 0) is 53.4 Å². The van der Waals surface area contributed by atoms with E-state index in [9.17, 15) is 9.90 Å². The van der Waals surface area contributed by atoms with Gasteiger partial charge in [-0.15, -0.1) is 0 Å². The van der Waals surface area contributed by atoms with Gasteiger partial charge in [0.2, 0.25) is 0 Å². The van der Waals surface area contributed by atoms with Crippen LogP contribution in [0.2, 0.25) is 0 Å². The van der Waals surface area contributed by atoms with Gasteiger partial charge in [-0.2, -0.15) is 0 Å². The van der Waals surface area contributed by atoms with Crippen LogP contribution in [0.15, 0.2) is 59.1 Å². The maximum Gasteiger partial charge on any atom is 0.320 e. The molecule has 2 unspecified atom stereocenters. The van der Waals surface area contributed by atoms with Crippen LogP contribution < -0.4 is 9.47 Å². The second-order valence-electron chi connectivity index (χ2n) is 7.79. The number of fused-ring (bicyclic) bond motifs is 1. The molecule has 162 valence electrons. The van der Waals surface area contributed by atoms with Crippen molar-refractivity contribution in [3.8, 4) is 11.5 Å². The normalized spacial score (nSPS) is 18.0. The summed E-state index contributed by atoms with van der Waals surface area (Å²) in [6.07, 6.45) is 2.53. The number of ether oxygens (including phenoxy) is 2. The van der Waals surface area contributed by atoms with Crippen LogP contribution in [0.3, 0.4) is 0 Å². The molecule has 3 aromatic rings. The first-order chi connectivity index (χ1) is 15.0. The Labute approximate surface area is 190 Å². The van der Waals surface area contributed by atoms with E-state index in [2.05, 4.69) is 45.1 Å². The van der Waals surface area contributed by atoms with E-state index in [0.29, 0.717) is 24.5 Å². The number of aliphatic carboxylic acids is 1. The zero-order valence-corrected chi connectivity index (χ0v) is 19.3. The second-order valence-corrected chi connectivity index (χ2v) is 8.64. The largest absolute Gasteiger partial charge is 0.493 e. The fourth-order valence-corrected chi connectivity index (χ4v) is 5.16. The molecular weight excluding hydrogens is 458 g/mol. The second kappa shape index (κ2) is 9.28. The van der Waals surface area contributed by atoms with Gasteiger partial charge in [0.05, 0.1) is 20.3 Å². The number of likely N-dealkylation sites (tertiary alicyclic amines) is 1. The molecule has 1 heterocycles. The predicted molar refractivity (Wildman–Crippen MR) is 125 cm³/mol. The molecule has 6 heteroatoms. The molecular formula is C25H26BrNO4. The minimum Gasteiger partial charge on any atom is -0.493 e. The Morgan fingerprint density at radius 1 is 1.03 bits per heavy atom. The maximum absolute atomic E-state index is 12.2. The molecule has 1 aliphatic heterocycles. The van der Waals surface area contributed by atoms with Crippen molar-refractivity contribution in [3.63, 3.8) is 0 Å². The highest BCUT2D eigenvalue weighted by molar-refractivity contribution is 9.10. The molecule has 0 radical (unpaired) electrons. The zero-order chi connectivity index (χ0) is 22.0. The van der Waals surface area contributed by atoms with E-state index in [1.165, 1.54) is 0 Å². The van der Waals surface area contributed by atoms with Crippen molar-refractivity contribution in [1.82, 2.24) is 4.90 Å². The smallest absolute Gasteiger partial charge is 0.320 e. The van der Waals surface area contributed by atoms with Gasteiger partial charge in [0.15, 0.2) is 11.5 Å². The summed E-state index contributed by atoms with van der Waals surface area (Å²) in [6, 6.07) is 17.5. The molecule has 2 atom stereocenters. The number of nitrogens with zero attached hydrogens (tertiary/aromatic N) is 1. The third-order valence-corrected chi connectivity index (χ3v) is 6.76. The lowest BCUT2D eigenvalue weighted by Crippen LogP contribution is -2.47. The van der Waals surface area contributed by atoms with Gasteiger partial charge in [0, 0.05) is 4.47 Å². The Bertz CT molecular complexity index is 1090. The summed E-state index contributed by atoms with van der Waals surface area (Å²) in [5, 5.41) is 12.3. The number of rotatable bonds is 6. The number of carbonyl (C=O) groups is 1. The van der Waals surface area contributed by atoms with Gasteiger partial charge in [0.25, 0.3) is 0 Å². The van der Waals surface area contributed by atoms with Crippen molar-refractivity contribution in [1.29, 1.82) is 0 Å². The molecule has 0 saturated carbocycles. The molecule has 1 aliphatic rings. The van der Waals surface area contributed by atoms with Crippen LogP contribution in [0.5, 0.6) is 11.5 Å². The first kappa shape index (κ1) is 21.7. The molecule has 0 aliphatic carbocycles. The topological polar surface area (TPSA) is 59.0 Å². The summed E-state index contributed by atoms with van der Waals surface area (Å²) >= 11 is 3.73. The van der Waals surface area contributed by atoms with E-state index in [-0.39, 0.29) is 6.04 Å². The predicted octanol–water partition coefficient (Wildman–Crippen LogP) is 5.65. The first-order valence-electron chi connectivity index (χ1n) is 10.4. The zero-order valence-electron chi connectivity index (χ0n) is 17.7. The standard InChI is InChI=1S/C25H26BrNO4/c1-30-22-14-19(20(26)15-23(22)31-2)24(27-13-6-5-12-21(27)25(28)29)18-11-7-9-16-8-3-4-10-17(16)18/h3-4,7-11,14-15,21,24H,5-6,12-13H2,1-2H3,(H,28,29). The molecule has 3 aromatic carbocycles. The maximum atomic E-state index is 12.2. The van der Waals surface area contributed by atoms with E-state index in [0.717, 1.165) is 39.2 Å². The van der Waals surface area contributed by atoms with Crippen molar-refractivity contribution in [2.24, 2.45) is 0 Å². The highest BCUT2D eigenvalue weighted by Gasteiger charge is 2.37. The van der Waals surface area contributed by atoms with Gasteiger partial charge >= 0.3 is 5.97 Å². The Morgan fingerprint density at radius 3 is 2.48 bits per heavy atom. The number of carboxylic acids is 1. The number of halogens is 1. The lowest BCUT2D eigenvalue weighted by molar-refractivity contribution is -0.145. The number of carboxylic acid groups (broad SMARTS) is 1. The van der Waals surface area contributed by atoms with Gasteiger partial charge < -0.3 is 14.6 Å². The molecule has 0 spiro atoms. The fraction of sp³-hybridized carbons (Fsp3) is 0.320. The van der Waals surface area contributed by atoms with Gasteiger partial charge in [-0.1, -0.05) is 64.8 Å². The van der Waals surface area contributed by atoms with Crippen molar-refractivity contribution >= 4 is 32.7 Å². The number of hydrogen-bond acceptors (Lipinski definition) is 4. The minimum absolute atomic E-state index is 0.248. The van der Waals surface area contributed by atoms with Crippen LogP contribution in [0.25, 0.3) is 10.8 Å². The third-order valence-electron chi connectivity index (χ3n) is 6.08. The highest BCUT2D eigenvalue weighted by atomic mass is 79.9. The summed E-state index contributed by atoms with van der Waals surface area (Å²) in [5.41, 5.74) is 2.04.